The number of rotatable bonds is 3. The van der Waals surface area contributed by atoms with Crippen LogP contribution in [0.4, 0.5) is 0 Å². The van der Waals surface area contributed by atoms with Crippen molar-refractivity contribution in [3.63, 3.8) is 0 Å². The molecule has 1 aliphatic rings. The van der Waals surface area contributed by atoms with Crippen molar-refractivity contribution >= 4 is 33.3 Å². The summed E-state index contributed by atoms with van der Waals surface area (Å²) in [4.78, 5) is 12.5. The predicted octanol–water partition coefficient (Wildman–Crippen LogP) is 4.24. The van der Waals surface area contributed by atoms with Crippen LogP contribution in [-0.4, -0.2) is 17.2 Å². The molecule has 92 valence electrons. The van der Waals surface area contributed by atoms with Crippen molar-refractivity contribution in [3.8, 4) is 5.75 Å². The average Bonchev–Trinajstić information content (AvgIpc) is 2.77. The fourth-order valence-electron chi connectivity index (χ4n) is 2.21. The Hall–Kier alpha value is -0.540. The highest BCUT2D eigenvalue weighted by molar-refractivity contribution is 9.10. The number of ether oxygens (including phenoxy) is 1. The van der Waals surface area contributed by atoms with Crippen LogP contribution in [0.5, 0.6) is 5.75 Å². The van der Waals surface area contributed by atoms with Gasteiger partial charge in [-0.05, 0) is 31.0 Å². The molecule has 0 heterocycles. The lowest BCUT2D eigenvalue weighted by Crippen LogP contribution is -2.28. The molecule has 0 unspecified atom stereocenters. The third kappa shape index (κ3) is 2.50. The average molecular weight is 318 g/mol. The summed E-state index contributed by atoms with van der Waals surface area (Å²) < 4.78 is 4.70. The van der Waals surface area contributed by atoms with Gasteiger partial charge in [0, 0.05) is 5.56 Å². The number of ketones is 1. The van der Waals surface area contributed by atoms with E-state index in [-0.39, 0.29) is 5.78 Å². The van der Waals surface area contributed by atoms with Crippen molar-refractivity contribution in [2.24, 2.45) is 0 Å². The summed E-state index contributed by atoms with van der Waals surface area (Å²) in [5.41, 5.74) is 0.546. The van der Waals surface area contributed by atoms with Gasteiger partial charge >= 0.3 is 0 Å². The molecule has 17 heavy (non-hydrogen) atoms. The Morgan fingerprint density at radius 2 is 2.06 bits per heavy atom. The molecule has 0 N–H and O–H groups in total. The number of halogens is 2. The topological polar surface area (TPSA) is 26.3 Å². The Kier molecular flexibility index (Phi) is 3.79. The van der Waals surface area contributed by atoms with Gasteiger partial charge in [0.25, 0.3) is 0 Å². The van der Waals surface area contributed by atoms with Crippen LogP contribution in [0.15, 0.2) is 18.2 Å². The van der Waals surface area contributed by atoms with E-state index in [0.29, 0.717) is 16.3 Å². The van der Waals surface area contributed by atoms with Gasteiger partial charge < -0.3 is 4.74 Å². The Bertz CT molecular complexity index is 439. The van der Waals surface area contributed by atoms with Crippen molar-refractivity contribution in [3.05, 3.63) is 28.8 Å². The molecule has 1 aromatic carbocycles. The maximum Gasteiger partial charge on any atom is 0.181 e. The van der Waals surface area contributed by atoms with E-state index >= 15 is 0 Å². The summed E-state index contributed by atoms with van der Waals surface area (Å²) >= 11 is 9.67. The lowest BCUT2D eigenvalue weighted by Gasteiger charge is -2.20. The second-order valence-electron chi connectivity index (χ2n) is 4.35. The van der Waals surface area contributed by atoms with Crippen LogP contribution in [0.25, 0.3) is 0 Å². The summed E-state index contributed by atoms with van der Waals surface area (Å²) in [5, 5.41) is 0.488. The van der Waals surface area contributed by atoms with Crippen LogP contribution >= 0.6 is 27.5 Å². The van der Waals surface area contributed by atoms with E-state index in [4.69, 9.17) is 16.3 Å². The predicted molar refractivity (Wildman–Crippen MR) is 72.5 cm³/mol. The molecule has 1 aliphatic carbocycles. The van der Waals surface area contributed by atoms with E-state index in [0.717, 1.165) is 25.7 Å². The van der Waals surface area contributed by atoms with E-state index in [1.807, 2.05) is 0 Å². The molecule has 1 fully saturated rings. The highest BCUT2D eigenvalue weighted by atomic mass is 79.9. The first-order valence-corrected chi connectivity index (χ1v) is 6.81. The third-order valence-electron chi connectivity index (χ3n) is 3.22. The number of hydrogen-bond acceptors (Lipinski definition) is 2. The second-order valence-corrected chi connectivity index (χ2v) is 6.27. The van der Waals surface area contributed by atoms with E-state index in [1.54, 1.807) is 25.3 Å². The zero-order valence-corrected chi connectivity index (χ0v) is 12.0. The molecule has 0 amide bonds. The van der Waals surface area contributed by atoms with Gasteiger partial charge in [0.2, 0.25) is 0 Å². The highest BCUT2D eigenvalue weighted by Gasteiger charge is 2.39. The standard InChI is InChI=1S/C13H14BrClO2/c1-17-9-4-5-11(15)10(8-9)12(16)13(14)6-2-3-7-13/h4-5,8H,2-3,6-7H2,1H3. The zero-order chi connectivity index (χ0) is 12.5. The molecule has 0 aromatic heterocycles. The summed E-state index contributed by atoms with van der Waals surface area (Å²) in [7, 11) is 1.58. The Morgan fingerprint density at radius 1 is 1.41 bits per heavy atom. The van der Waals surface area contributed by atoms with Crippen molar-refractivity contribution in [1.29, 1.82) is 0 Å². The van der Waals surface area contributed by atoms with Crippen LogP contribution in [0.3, 0.4) is 0 Å². The van der Waals surface area contributed by atoms with Crippen molar-refractivity contribution in [2.75, 3.05) is 7.11 Å². The number of Topliss-reactive ketones (excluding diaryl/α,β-unsaturated/α-hetero) is 1. The van der Waals surface area contributed by atoms with Gasteiger partial charge in [-0.3, -0.25) is 4.79 Å². The van der Waals surface area contributed by atoms with Crippen LogP contribution < -0.4 is 4.74 Å². The van der Waals surface area contributed by atoms with Gasteiger partial charge in [-0.25, -0.2) is 0 Å². The molecule has 1 aromatic rings. The summed E-state index contributed by atoms with van der Waals surface area (Å²) in [5.74, 6) is 0.728. The first-order chi connectivity index (χ1) is 8.07. The minimum absolute atomic E-state index is 0.0684. The van der Waals surface area contributed by atoms with E-state index in [2.05, 4.69) is 15.9 Å². The molecular weight excluding hydrogens is 303 g/mol. The lowest BCUT2D eigenvalue weighted by molar-refractivity contribution is 0.0948. The van der Waals surface area contributed by atoms with Crippen LogP contribution in [0.2, 0.25) is 5.02 Å². The fraction of sp³-hybridized carbons (Fsp3) is 0.462. The first-order valence-electron chi connectivity index (χ1n) is 5.64. The molecule has 0 aliphatic heterocycles. The summed E-state index contributed by atoms with van der Waals surface area (Å²) in [6, 6.07) is 5.18. The maximum atomic E-state index is 12.5. The Morgan fingerprint density at radius 3 is 2.65 bits per heavy atom. The minimum Gasteiger partial charge on any atom is -0.497 e. The largest absolute Gasteiger partial charge is 0.497 e. The number of carbonyl (C=O) groups is 1. The van der Waals surface area contributed by atoms with Crippen LogP contribution in [0, 0.1) is 0 Å². The van der Waals surface area contributed by atoms with Crippen molar-refractivity contribution < 1.29 is 9.53 Å². The molecule has 0 bridgehead atoms. The minimum atomic E-state index is -0.428. The molecule has 4 heteroatoms. The van der Waals surface area contributed by atoms with Gasteiger partial charge in [0.1, 0.15) is 5.75 Å². The van der Waals surface area contributed by atoms with Gasteiger partial charge in [0.05, 0.1) is 16.5 Å². The van der Waals surface area contributed by atoms with E-state index < -0.39 is 4.32 Å². The first kappa shape index (κ1) is 12.9. The maximum absolute atomic E-state index is 12.5. The summed E-state index contributed by atoms with van der Waals surface area (Å²) in [6.45, 7) is 0. The molecular formula is C13H14BrClO2. The molecule has 0 saturated heterocycles. The molecule has 2 nitrogen and oxygen atoms in total. The Labute approximate surface area is 114 Å². The van der Waals surface area contributed by atoms with Gasteiger partial charge in [-0.2, -0.15) is 0 Å². The van der Waals surface area contributed by atoms with E-state index in [1.165, 1.54) is 0 Å². The second kappa shape index (κ2) is 4.99. The van der Waals surface area contributed by atoms with Crippen LogP contribution in [0.1, 0.15) is 36.0 Å². The normalized spacial score (nSPS) is 18.1. The van der Waals surface area contributed by atoms with E-state index in [9.17, 15) is 4.79 Å². The number of methoxy groups -OCH3 is 1. The van der Waals surface area contributed by atoms with Crippen LogP contribution in [-0.2, 0) is 0 Å². The molecule has 0 atom stereocenters. The number of hydrogen-bond donors (Lipinski definition) is 0. The molecule has 0 spiro atoms. The van der Waals surface area contributed by atoms with Crippen molar-refractivity contribution in [2.45, 2.75) is 30.0 Å². The number of benzene rings is 1. The zero-order valence-electron chi connectivity index (χ0n) is 9.63. The van der Waals surface area contributed by atoms with Gasteiger partial charge in [-0.15, -0.1) is 0 Å². The molecule has 0 radical (unpaired) electrons. The number of alkyl halides is 1. The lowest BCUT2D eigenvalue weighted by atomic mass is 9.96. The van der Waals surface area contributed by atoms with Crippen molar-refractivity contribution in [1.82, 2.24) is 0 Å². The third-order valence-corrected chi connectivity index (χ3v) is 4.70. The highest BCUT2D eigenvalue weighted by Crippen LogP contribution is 2.41. The molecule has 2 rings (SSSR count). The van der Waals surface area contributed by atoms with Gasteiger partial charge in [0.15, 0.2) is 5.78 Å². The monoisotopic (exact) mass is 316 g/mol. The fourth-order valence-corrected chi connectivity index (χ4v) is 3.19. The SMILES string of the molecule is COc1ccc(Cl)c(C(=O)C2(Br)CCCC2)c1. The van der Waals surface area contributed by atoms with Gasteiger partial charge in [-0.1, -0.05) is 40.4 Å². The quantitative estimate of drug-likeness (QED) is 0.616. The smallest absolute Gasteiger partial charge is 0.181 e. The molecule has 1 saturated carbocycles. The Balaban J connectivity index is 2.36. The number of carbonyl (C=O) groups excluding carboxylic acids is 1. The summed E-state index contributed by atoms with van der Waals surface area (Å²) in [6.07, 6.45) is 3.91.